The van der Waals surface area contributed by atoms with Gasteiger partial charge in [0, 0.05) is 0 Å². The number of fused-ring (bicyclic) bond motifs is 1. The molecule has 4 rings (SSSR count). The van der Waals surface area contributed by atoms with Crippen molar-refractivity contribution in [2.45, 2.75) is 31.8 Å². The third kappa shape index (κ3) is 3.81. The molecule has 0 aromatic heterocycles. The highest BCUT2D eigenvalue weighted by Gasteiger charge is 2.51. The van der Waals surface area contributed by atoms with Crippen LogP contribution in [0.3, 0.4) is 0 Å². The van der Waals surface area contributed by atoms with Gasteiger partial charge in [-0.05, 0) is 36.6 Å². The van der Waals surface area contributed by atoms with Crippen molar-refractivity contribution in [2.24, 2.45) is 0 Å². The number of ether oxygens (including phenoxy) is 2. The zero-order valence-corrected chi connectivity index (χ0v) is 17.5. The Kier molecular flexibility index (Phi) is 5.54. The van der Waals surface area contributed by atoms with Gasteiger partial charge in [0.05, 0.1) is 6.04 Å². The second kappa shape index (κ2) is 8.29. The molecular weight excluding hydrogens is 398 g/mol. The summed E-state index contributed by atoms with van der Waals surface area (Å²) in [5.41, 5.74) is 0.380. The first-order valence-corrected chi connectivity index (χ1v) is 10.3. The fraction of sp³-hybridized carbons (Fsp3) is 0.348. The van der Waals surface area contributed by atoms with Gasteiger partial charge in [-0.15, -0.1) is 0 Å². The van der Waals surface area contributed by atoms with Crippen LogP contribution in [-0.4, -0.2) is 42.5 Å². The van der Waals surface area contributed by atoms with E-state index in [0.29, 0.717) is 36.7 Å². The summed E-state index contributed by atoms with van der Waals surface area (Å²) < 4.78 is 11.1. The van der Waals surface area contributed by atoms with Crippen molar-refractivity contribution in [3.63, 3.8) is 0 Å². The smallest absolute Gasteiger partial charge is 0.325 e. The van der Waals surface area contributed by atoms with Gasteiger partial charge in [0.25, 0.3) is 5.91 Å². The van der Waals surface area contributed by atoms with E-state index in [4.69, 9.17) is 9.47 Å². The van der Waals surface area contributed by atoms with Crippen molar-refractivity contribution in [2.75, 3.05) is 19.8 Å². The number of carbonyl (C=O) groups excluding carboxylic acids is 3. The summed E-state index contributed by atoms with van der Waals surface area (Å²) in [5, 5.41) is 5.63. The molecule has 4 amide bonds. The molecule has 0 radical (unpaired) electrons. The Bertz CT molecular complexity index is 1010. The van der Waals surface area contributed by atoms with E-state index in [-0.39, 0.29) is 12.6 Å². The van der Waals surface area contributed by atoms with E-state index in [1.165, 1.54) is 0 Å². The lowest BCUT2D eigenvalue weighted by atomic mass is 9.87. The highest BCUT2D eigenvalue weighted by atomic mass is 16.6. The number of benzene rings is 2. The topological polar surface area (TPSA) is 97.0 Å². The minimum atomic E-state index is -1.15. The number of amides is 4. The number of imide groups is 1. The van der Waals surface area contributed by atoms with Gasteiger partial charge in [0.15, 0.2) is 11.5 Å². The molecule has 8 heteroatoms. The van der Waals surface area contributed by atoms with Gasteiger partial charge in [-0.3, -0.25) is 14.5 Å². The molecule has 0 spiro atoms. The predicted molar refractivity (Wildman–Crippen MR) is 113 cm³/mol. The molecule has 8 nitrogen and oxygen atoms in total. The maximum absolute atomic E-state index is 13.2. The predicted octanol–water partition coefficient (Wildman–Crippen LogP) is 2.49. The molecule has 0 bridgehead atoms. The molecule has 1 saturated heterocycles. The molecule has 162 valence electrons. The first kappa shape index (κ1) is 20.7. The first-order chi connectivity index (χ1) is 14.9. The SMILES string of the molecule is CC[C@]1(c2ccccc2)NC(=O)N(CC(=O)N[C@H](C)c2ccc3c(c2)OCCO3)C1=O. The van der Waals surface area contributed by atoms with E-state index in [0.717, 1.165) is 10.5 Å². The lowest BCUT2D eigenvalue weighted by Gasteiger charge is -2.25. The maximum Gasteiger partial charge on any atom is 0.325 e. The standard InChI is InChI=1S/C23H25N3O5/c1-3-23(17-7-5-4-6-8-17)21(28)26(22(29)25-23)14-20(27)24-15(2)16-9-10-18-19(13-16)31-12-11-30-18/h4-10,13,15H,3,11-12,14H2,1-2H3,(H,24,27)(H,25,29)/t15-,23-/m1/s1. The van der Waals surface area contributed by atoms with Crippen molar-refractivity contribution < 1.29 is 23.9 Å². The number of rotatable bonds is 6. The molecule has 2 aromatic carbocycles. The lowest BCUT2D eigenvalue weighted by Crippen LogP contribution is -2.45. The van der Waals surface area contributed by atoms with Crippen molar-refractivity contribution >= 4 is 17.8 Å². The Morgan fingerprint density at radius 3 is 2.55 bits per heavy atom. The maximum atomic E-state index is 13.2. The summed E-state index contributed by atoms with van der Waals surface area (Å²) in [7, 11) is 0. The summed E-state index contributed by atoms with van der Waals surface area (Å²) in [6.45, 7) is 4.29. The first-order valence-electron chi connectivity index (χ1n) is 10.3. The molecular formula is C23H25N3O5. The van der Waals surface area contributed by atoms with Gasteiger partial charge >= 0.3 is 6.03 Å². The lowest BCUT2D eigenvalue weighted by molar-refractivity contribution is -0.135. The molecule has 2 aliphatic heterocycles. The van der Waals surface area contributed by atoms with Crippen LogP contribution in [0.2, 0.25) is 0 Å². The van der Waals surface area contributed by atoms with E-state index in [1.807, 2.05) is 44.2 Å². The fourth-order valence-corrected chi connectivity index (χ4v) is 3.98. The number of carbonyl (C=O) groups is 3. The average molecular weight is 423 g/mol. The van der Waals surface area contributed by atoms with Crippen LogP contribution >= 0.6 is 0 Å². The molecule has 2 heterocycles. The summed E-state index contributed by atoms with van der Waals surface area (Å²) in [6, 6.07) is 13.6. The van der Waals surface area contributed by atoms with E-state index in [9.17, 15) is 14.4 Å². The van der Waals surface area contributed by atoms with Gasteiger partial charge in [-0.2, -0.15) is 0 Å². The quantitative estimate of drug-likeness (QED) is 0.696. The number of hydrogen-bond acceptors (Lipinski definition) is 5. The zero-order chi connectivity index (χ0) is 22.0. The summed E-state index contributed by atoms with van der Waals surface area (Å²) >= 11 is 0. The van der Waals surface area contributed by atoms with E-state index < -0.39 is 23.4 Å². The number of urea groups is 1. The number of nitrogens with zero attached hydrogens (tertiary/aromatic N) is 1. The van der Waals surface area contributed by atoms with Crippen LogP contribution in [0.25, 0.3) is 0 Å². The van der Waals surface area contributed by atoms with Crippen LogP contribution in [0.1, 0.15) is 37.4 Å². The van der Waals surface area contributed by atoms with Gasteiger partial charge < -0.3 is 20.1 Å². The van der Waals surface area contributed by atoms with Crippen molar-refractivity contribution in [1.82, 2.24) is 15.5 Å². The Labute approximate surface area is 180 Å². The Morgan fingerprint density at radius 2 is 1.84 bits per heavy atom. The molecule has 0 unspecified atom stereocenters. The molecule has 2 aromatic rings. The Hall–Kier alpha value is -3.55. The second-order valence-electron chi connectivity index (χ2n) is 7.64. The molecule has 2 N–H and O–H groups in total. The van der Waals surface area contributed by atoms with E-state index >= 15 is 0 Å². The average Bonchev–Trinajstić information content (AvgIpc) is 3.04. The van der Waals surface area contributed by atoms with Crippen LogP contribution in [0.4, 0.5) is 4.79 Å². The summed E-state index contributed by atoms with van der Waals surface area (Å²) in [4.78, 5) is 39.4. The van der Waals surface area contributed by atoms with Crippen molar-refractivity contribution in [3.05, 3.63) is 59.7 Å². The summed E-state index contributed by atoms with van der Waals surface area (Å²) in [6.07, 6.45) is 0.382. The fourth-order valence-electron chi connectivity index (χ4n) is 3.98. The van der Waals surface area contributed by atoms with Crippen molar-refractivity contribution in [1.29, 1.82) is 0 Å². The zero-order valence-electron chi connectivity index (χ0n) is 17.5. The van der Waals surface area contributed by atoms with Crippen molar-refractivity contribution in [3.8, 4) is 11.5 Å². The minimum Gasteiger partial charge on any atom is -0.486 e. The molecule has 0 aliphatic carbocycles. The van der Waals surface area contributed by atoms with Gasteiger partial charge in [0.2, 0.25) is 5.91 Å². The number of hydrogen-bond donors (Lipinski definition) is 2. The highest BCUT2D eigenvalue weighted by molar-refractivity contribution is 6.09. The minimum absolute atomic E-state index is 0.339. The monoisotopic (exact) mass is 423 g/mol. The molecule has 0 saturated carbocycles. The normalized spacial score (nSPS) is 20.9. The summed E-state index contributed by atoms with van der Waals surface area (Å²) in [5.74, 6) is 0.457. The van der Waals surface area contributed by atoms with Crippen LogP contribution in [0, 0.1) is 0 Å². The van der Waals surface area contributed by atoms with E-state index in [2.05, 4.69) is 10.6 Å². The largest absolute Gasteiger partial charge is 0.486 e. The highest BCUT2D eigenvalue weighted by Crippen LogP contribution is 2.33. The third-order valence-corrected chi connectivity index (χ3v) is 5.72. The second-order valence-corrected chi connectivity index (χ2v) is 7.64. The molecule has 1 fully saturated rings. The van der Waals surface area contributed by atoms with E-state index in [1.54, 1.807) is 18.2 Å². The van der Waals surface area contributed by atoms with Crippen LogP contribution in [-0.2, 0) is 15.1 Å². The molecule has 2 atom stereocenters. The Morgan fingerprint density at radius 1 is 1.13 bits per heavy atom. The van der Waals surface area contributed by atoms with Crippen LogP contribution in [0.15, 0.2) is 48.5 Å². The van der Waals surface area contributed by atoms with Gasteiger partial charge in [-0.25, -0.2) is 4.79 Å². The third-order valence-electron chi connectivity index (χ3n) is 5.72. The molecule has 31 heavy (non-hydrogen) atoms. The van der Waals surface area contributed by atoms with Gasteiger partial charge in [-0.1, -0.05) is 43.3 Å². The van der Waals surface area contributed by atoms with Crippen LogP contribution < -0.4 is 20.1 Å². The van der Waals surface area contributed by atoms with Crippen LogP contribution in [0.5, 0.6) is 11.5 Å². The molecule has 2 aliphatic rings. The van der Waals surface area contributed by atoms with Gasteiger partial charge in [0.1, 0.15) is 25.3 Å². The Balaban J connectivity index is 1.45. The number of nitrogens with one attached hydrogen (secondary N) is 2.